The number of amides is 1. The van der Waals surface area contributed by atoms with E-state index in [0.29, 0.717) is 35.8 Å². The first kappa shape index (κ1) is 19.3. The number of benzene rings is 2. The lowest BCUT2D eigenvalue weighted by atomic mass is 10.1. The van der Waals surface area contributed by atoms with E-state index in [1.165, 1.54) is 22.9 Å². The molecule has 7 nitrogen and oxygen atoms in total. The highest BCUT2D eigenvalue weighted by atomic mass is 19.1. The van der Waals surface area contributed by atoms with Crippen LogP contribution in [-0.4, -0.2) is 40.0 Å². The molecular formula is C23H20FN3O4. The summed E-state index contributed by atoms with van der Waals surface area (Å²) in [5.41, 5.74) is 1.57. The molecule has 1 aromatic heterocycles. The first-order valence-electron chi connectivity index (χ1n) is 10.1. The second-order valence-electron chi connectivity index (χ2n) is 7.61. The third-order valence-electron chi connectivity index (χ3n) is 5.65. The Morgan fingerprint density at radius 2 is 1.87 bits per heavy atom. The molecule has 0 radical (unpaired) electrons. The van der Waals surface area contributed by atoms with Crippen molar-refractivity contribution in [2.24, 2.45) is 0 Å². The molecule has 0 N–H and O–H groups in total. The van der Waals surface area contributed by atoms with E-state index in [1.54, 1.807) is 41.3 Å². The lowest BCUT2D eigenvalue weighted by Crippen LogP contribution is -2.40. The molecule has 0 unspecified atom stereocenters. The Labute approximate surface area is 177 Å². The van der Waals surface area contributed by atoms with Crippen molar-refractivity contribution in [3.05, 3.63) is 76.3 Å². The molecule has 3 aromatic rings. The Kier molecular flexibility index (Phi) is 4.89. The van der Waals surface area contributed by atoms with Gasteiger partial charge in [-0.2, -0.15) is 5.10 Å². The third-order valence-corrected chi connectivity index (χ3v) is 5.65. The average molecular weight is 421 g/mol. The first-order valence-corrected chi connectivity index (χ1v) is 10.1. The fourth-order valence-electron chi connectivity index (χ4n) is 4.04. The van der Waals surface area contributed by atoms with Crippen LogP contribution in [0.25, 0.3) is 11.3 Å². The van der Waals surface area contributed by atoms with Gasteiger partial charge in [0.1, 0.15) is 5.82 Å². The van der Waals surface area contributed by atoms with Crippen molar-refractivity contribution in [3.8, 4) is 22.8 Å². The van der Waals surface area contributed by atoms with E-state index in [4.69, 9.17) is 9.47 Å². The summed E-state index contributed by atoms with van der Waals surface area (Å²) < 4.78 is 25.3. The van der Waals surface area contributed by atoms with Gasteiger partial charge in [-0.1, -0.05) is 0 Å². The zero-order chi connectivity index (χ0) is 21.4. The molecule has 1 amide bonds. The molecular weight excluding hydrogens is 401 g/mol. The maximum Gasteiger partial charge on any atom is 0.266 e. The van der Waals surface area contributed by atoms with Crippen LogP contribution in [0.15, 0.2) is 59.4 Å². The van der Waals surface area contributed by atoms with Gasteiger partial charge in [0.15, 0.2) is 11.5 Å². The van der Waals surface area contributed by atoms with Gasteiger partial charge in [-0.15, -0.1) is 0 Å². The van der Waals surface area contributed by atoms with E-state index >= 15 is 0 Å². The Morgan fingerprint density at radius 1 is 1.06 bits per heavy atom. The van der Waals surface area contributed by atoms with E-state index in [2.05, 4.69) is 5.10 Å². The van der Waals surface area contributed by atoms with Gasteiger partial charge in [0.2, 0.25) is 6.79 Å². The number of nitrogens with zero attached hydrogens (tertiary/aromatic N) is 3. The number of fused-ring (bicyclic) bond motifs is 1. The lowest BCUT2D eigenvalue weighted by Gasteiger charge is -2.25. The Morgan fingerprint density at radius 3 is 2.71 bits per heavy atom. The molecule has 2 aromatic carbocycles. The van der Waals surface area contributed by atoms with Crippen LogP contribution in [0, 0.1) is 5.82 Å². The number of carbonyl (C=O) groups excluding carboxylic acids is 1. The van der Waals surface area contributed by atoms with Crippen molar-refractivity contribution in [1.82, 2.24) is 14.7 Å². The zero-order valence-corrected chi connectivity index (χ0v) is 16.7. The highest BCUT2D eigenvalue weighted by Crippen LogP contribution is 2.33. The molecule has 0 aliphatic carbocycles. The number of likely N-dealkylation sites (tertiary alicyclic amines) is 1. The van der Waals surface area contributed by atoms with Gasteiger partial charge in [0.25, 0.3) is 11.5 Å². The average Bonchev–Trinajstić information content (AvgIpc) is 3.44. The minimum atomic E-state index is -0.333. The molecule has 0 bridgehead atoms. The summed E-state index contributed by atoms with van der Waals surface area (Å²) in [4.78, 5) is 27.4. The largest absolute Gasteiger partial charge is 0.454 e. The van der Waals surface area contributed by atoms with Crippen molar-refractivity contribution in [2.45, 2.75) is 25.4 Å². The van der Waals surface area contributed by atoms with Gasteiger partial charge in [0, 0.05) is 23.7 Å². The van der Waals surface area contributed by atoms with Gasteiger partial charge >= 0.3 is 0 Å². The minimum Gasteiger partial charge on any atom is -0.454 e. The zero-order valence-electron chi connectivity index (χ0n) is 16.7. The van der Waals surface area contributed by atoms with Gasteiger partial charge in [-0.05, 0) is 61.4 Å². The van der Waals surface area contributed by atoms with E-state index in [-0.39, 0.29) is 30.1 Å². The summed E-state index contributed by atoms with van der Waals surface area (Å²) in [5, 5.41) is 4.46. The standard InChI is InChI=1S/C23H20FN3O4/c24-17-6-3-15(4-7-17)19-8-10-22(28)27(25-19)13-18-2-1-11-26(18)23(29)16-5-9-20-21(12-16)31-14-30-20/h3-10,12,18H,1-2,11,13-14H2/t18-/m0/s1. The molecule has 8 heteroatoms. The Hall–Kier alpha value is -3.68. The smallest absolute Gasteiger partial charge is 0.266 e. The Bertz CT molecular complexity index is 1190. The summed E-state index contributed by atoms with van der Waals surface area (Å²) in [6.45, 7) is 1.06. The molecule has 5 rings (SSSR count). The highest BCUT2D eigenvalue weighted by Gasteiger charge is 2.31. The third kappa shape index (κ3) is 3.76. The van der Waals surface area contributed by atoms with Crippen molar-refractivity contribution in [1.29, 1.82) is 0 Å². The number of halogens is 1. The number of rotatable bonds is 4. The van der Waals surface area contributed by atoms with E-state index in [0.717, 1.165) is 18.4 Å². The quantitative estimate of drug-likeness (QED) is 0.647. The molecule has 31 heavy (non-hydrogen) atoms. The summed E-state index contributed by atoms with van der Waals surface area (Å²) in [7, 11) is 0. The van der Waals surface area contributed by atoms with Crippen molar-refractivity contribution in [2.75, 3.05) is 13.3 Å². The molecule has 0 spiro atoms. The van der Waals surface area contributed by atoms with Gasteiger partial charge < -0.3 is 14.4 Å². The van der Waals surface area contributed by atoms with Crippen LogP contribution >= 0.6 is 0 Å². The summed E-state index contributed by atoms with van der Waals surface area (Å²) >= 11 is 0. The predicted molar refractivity (Wildman–Crippen MR) is 111 cm³/mol. The number of hydrogen-bond acceptors (Lipinski definition) is 5. The van der Waals surface area contributed by atoms with Crippen molar-refractivity contribution >= 4 is 5.91 Å². The van der Waals surface area contributed by atoms with E-state index in [1.807, 2.05) is 0 Å². The SMILES string of the molecule is O=C(c1ccc2c(c1)OCO2)N1CCC[C@H]1Cn1nc(-c2ccc(F)cc2)ccc1=O. The number of aromatic nitrogens is 2. The maximum absolute atomic E-state index is 13.2. The van der Waals surface area contributed by atoms with Crippen molar-refractivity contribution in [3.63, 3.8) is 0 Å². The second-order valence-corrected chi connectivity index (χ2v) is 7.61. The molecule has 1 atom stereocenters. The van der Waals surface area contributed by atoms with Crippen LogP contribution in [0.2, 0.25) is 0 Å². The van der Waals surface area contributed by atoms with E-state index in [9.17, 15) is 14.0 Å². The van der Waals surface area contributed by atoms with Gasteiger partial charge in [-0.3, -0.25) is 9.59 Å². The molecule has 0 saturated carbocycles. The van der Waals surface area contributed by atoms with Gasteiger partial charge in [-0.25, -0.2) is 9.07 Å². The molecule has 2 aliphatic rings. The molecule has 1 saturated heterocycles. The van der Waals surface area contributed by atoms with Crippen LogP contribution in [-0.2, 0) is 6.54 Å². The minimum absolute atomic E-state index is 0.108. The Balaban J connectivity index is 1.38. The number of ether oxygens (including phenoxy) is 2. The van der Waals surface area contributed by atoms with Crippen LogP contribution in [0.1, 0.15) is 23.2 Å². The first-order chi connectivity index (χ1) is 15.1. The fourth-order valence-corrected chi connectivity index (χ4v) is 4.04. The molecule has 158 valence electrons. The summed E-state index contributed by atoms with van der Waals surface area (Å²) in [6, 6.07) is 14.0. The molecule has 2 aliphatic heterocycles. The lowest BCUT2D eigenvalue weighted by molar-refractivity contribution is 0.0720. The summed E-state index contributed by atoms with van der Waals surface area (Å²) in [5.74, 6) is 0.749. The van der Waals surface area contributed by atoms with Crippen molar-refractivity contribution < 1.29 is 18.7 Å². The predicted octanol–water partition coefficient (Wildman–Crippen LogP) is 3.08. The normalized spacial score (nSPS) is 17.2. The molecule has 3 heterocycles. The van der Waals surface area contributed by atoms with Crippen LogP contribution < -0.4 is 15.0 Å². The monoisotopic (exact) mass is 421 g/mol. The fraction of sp³-hybridized carbons (Fsp3) is 0.261. The highest BCUT2D eigenvalue weighted by molar-refractivity contribution is 5.95. The second kappa shape index (κ2) is 7.86. The maximum atomic E-state index is 13.2. The van der Waals surface area contributed by atoms with Crippen LogP contribution in [0.5, 0.6) is 11.5 Å². The topological polar surface area (TPSA) is 73.7 Å². The van der Waals surface area contributed by atoms with E-state index < -0.39 is 0 Å². The van der Waals surface area contributed by atoms with Crippen LogP contribution in [0.4, 0.5) is 4.39 Å². The van der Waals surface area contributed by atoms with Crippen LogP contribution in [0.3, 0.4) is 0 Å². The summed E-state index contributed by atoms with van der Waals surface area (Å²) in [6.07, 6.45) is 1.64. The number of hydrogen-bond donors (Lipinski definition) is 0. The molecule has 1 fully saturated rings. The number of carbonyl (C=O) groups is 1. The van der Waals surface area contributed by atoms with Gasteiger partial charge in [0.05, 0.1) is 18.3 Å².